The second-order valence-corrected chi connectivity index (χ2v) is 12.7. The van der Waals surface area contributed by atoms with E-state index in [1.807, 2.05) is 6.07 Å². The molecule has 1 amide bonds. The largest absolute Gasteiger partial charge is 0.465 e. The van der Waals surface area contributed by atoms with E-state index in [4.69, 9.17) is 32.4 Å². The molecule has 44 heavy (non-hydrogen) atoms. The summed E-state index contributed by atoms with van der Waals surface area (Å²) in [5.41, 5.74) is 2.16. The fourth-order valence-corrected chi connectivity index (χ4v) is 6.39. The Kier molecular flexibility index (Phi) is 9.36. The predicted molar refractivity (Wildman–Crippen MR) is 166 cm³/mol. The molecule has 0 saturated heterocycles. The van der Waals surface area contributed by atoms with Crippen molar-refractivity contribution in [2.75, 3.05) is 7.11 Å². The van der Waals surface area contributed by atoms with Gasteiger partial charge in [0.25, 0.3) is 5.91 Å². The third-order valence-electron chi connectivity index (χ3n) is 6.99. The summed E-state index contributed by atoms with van der Waals surface area (Å²) >= 11 is 12.0. The van der Waals surface area contributed by atoms with E-state index in [9.17, 15) is 18.0 Å². The topological polar surface area (TPSA) is 110 Å². The molecule has 0 saturated carbocycles. The molecule has 2 aromatic heterocycles. The first-order valence-electron chi connectivity index (χ1n) is 13.4. The van der Waals surface area contributed by atoms with Gasteiger partial charge >= 0.3 is 5.97 Å². The Balaban J connectivity index is 1.45. The van der Waals surface area contributed by atoms with Crippen LogP contribution in [0.5, 0.6) is 0 Å². The molecule has 0 N–H and O–H groups in total. The minimum atomic E-state index is -3.98. The molecule has 0 fully saturated rings. The highest BCUT2D eigenvalue weighted by Crippen LogP contribution is 2.33. The number of esters is 1. The molecule has 2 aromatic carbocycles. The van der Waals surface area contributed by atoms with Crippen LogP contribution in [-0.4, -0.2) is 41.6 Å². The van der Waals surface area contributed by atoms with E-state index in [0.717, 1.165) is 11.1 Å². The minimum absolute atomic E-state index is 0.0372. The molecule has 4 aromatic rings. The number of rotatable bonds is 10. The number of allylic oxidation sites excluding steroid dienone is 1. The standard InChI is InChI=1S/C32H27Cl2N3O6S/c1-21-30(32(39)42-2)29(31(38)37(21)19-23-4-3-15-35-17-23)16-26-11-12-27(43-26)20-36(18-22-5-7-24(33)8-6-22)44(40,41)28-13-9-25(34)10-14-28/h3-17H,18-20H2,1-2H3/b29-16+. The number of hydrogen-bond acceptors (Lipinski definition) is 7. The van der Waals surface area contributed by atoms with Crippen molar-refractivity contribution in [2.45, 2.75) is 31.5 Å². The zero-order valence-corrected chi connectivity index (χ0v) is 26.1. The number of pyridine rings is 1. The summed E-state index contributed by atoms with van der Waals surface area (Å²) in [6.07, 6.45) is 4.74. The van der Waals surface area contributed by atoms with Gasteiger partial charge in [0, 0.05) is 34.7 Å². The highest BCUT2D eigenvalue weighted by atomic mass is 35.5. The minimum Gasteiger partial charge on any atom is -0.465 e. The van der Waals surface area contributed by atoms with E-state index in [0.29, 0.717) is 21.5 Å². The van der Waals surface area contributed by atoms with E-state index in [-0.39, 0.29) is 41.4 Å². The maximum Gasteiger partial charge on any atom is 0.340 e. The number of amides is 1. The Labute approximate surface area is 265 Å². The van der Waals surface area contributed by atoms with Crippen LogP contribution in [0.2, 0.25) is 10.0 Å². The van der Waals surface area contributed by atoms with E-state index in [2.05, 4.69) is 4.98 Å². The number of halogens is 2. The number of methoxy groups -OCH3 is 1. The summed E-state index contributed by atoms with van der Waals surface area (Å²) in [6, 6.07) is 19.6. The van der Waals surface area contributed by atoms with E-state index in [1.165, 1.54) is 46.7 Å². The number of furan rings is 1. The van der Waals surface area contributed by atoms with Crippen LogP contribution in [0.4, 0.5) is 0 Å². The molecule has 0 atom stereocenters. The summed E-state index contributed by atoms with van der Waals surface area (Å²) < 4.78 is 39.7. The van der Waals surface area contributed by atoms with Crippen LogP contribution in [0.15, 0.2) is 111 Å². The summed E-state index contributed by atoms with van der Waals surface area (Å²) in [4.78, 5) is 31.9. The van der Waals surface area contributed by atoms with Gasteiger partial charge in [-0.25, -0.2) is 13.2 Å². The van der Waals surface area contributed by atoms with Crippen molar-refractivity contribution in [1.29, 1.82) is 0 Å². The average Bonchev–Trinajstić information content (AvgIpc) is 3.55. The van der Waals surface area contributed by atoms with Gasteiger partial charge in [-0.3, -0.25) is 9.78 Å². The van der Waals surface area contributed by atoms with Crippen LogP contribution in [0.3, 0.4) is 0 Å². The second kappa shape index (κ2) is 13.2. The lowest BCUT2D eigenvalue weighted by Crippen LogP contribution is -2.30. The molecule has 1 aliphatic heterocycles. The first kappa shape index (κ1) is 31.2. The summed E-state index contributed by atoms with van der Waals surface area (Å²) in [7, 11) is -2.74. The van der Waals surface area contributed by atoms with Crippen molar-refractivity contribution in [1.82, 2.24) is 14.2 Å². The first-order valence-corrected chi connectivity index (χ1v) is 15.6. The van der Waals surface area contributed by atoms with Crippen molar-refractivity contribution in [2.24, 2.45) is 0 Å². The number of benzene rings is 2. The van der Waals surface area contributed by atoms with Gasteiger partial charge in [0.1, 0.15) is 11.5 Å². The molecule has 0 radical (unpaired) electrons. The Morgan fingerprint density at radius 3 is 2.30 bits per heavy atom. The molecule has 3 heterocycles. The maximum absolute atomic E-state index is 13.7. The molecule has 0 bridgehead atoms. The fraction of sp³-hybridized carbons (Fsp3) is 0.156. The van der Waals surface area contributed by atoms with Crippen LogP contribution < -0.4 is 0 Å². The number of nitrogens with zero attached hydrogens (tertiary/aromatic N) is 3. The number of carbonyl (C=O) groups excluding carboxylic acids is 2. The molecule has 5 rings (SSSR count). The molecular weight excluding hydrogens is 625 g/mol. The number of carbonyl (C=O) groups is 2. The van der Waals surface area contributed by atoms with Crippen molar-refractivity contribution >= 4 is 51.2 Å². The van der Waals surface area contributed by atoms with Gasteiger partial charge in [0.2, 0.25) is 10.0 Å². The van der Waals surface area contributed by atoms with Crippen LogP contribution in [-0.2, 0) is 44.0 Å². The van der Waals surface area contributed by atoms with Gasteiger partial charge in [0.15, 0.2) is 0 Å². The Bertz CT molecular complexity index is 1850. The lowest BCUT2D eigenvalue weighted by Gasteiger charge is -2.21. The molecular formula is C32H27Cl2N3O6S. The second-order valence-electron chi connectivity index (χ2n) is 9.92. The Morgan fingerprint density at radius 1 is 0.977 bits per heavy atom. The predicted octanol–water partition coefficient (Wildman–Crippen LogP) is 6.25. The zero-order valence-electron chi connectivity index (χ0n) is 23.7. The molecule has 0 unspecified atom stereocenters. The van der Waals surface area contributed by atoms with Crippen LogP contribution in [0.25, 0.3) is 6.08 Å². The summed E-state index contributed by atoms with van der Waals surface area (Å²) in [6.45, 7) is 1.80. The van der Waals surface area contributed by atoms with Crippen molar-refractivity contribution in [3.8, 4) is 0 Å². The van der Waals surface area contributed by atoms with Gasteiger partial charge in [-0.2, -0.15) is 4.31 Å². The summed E-state index contributed by atoms with van der Waals surface area (Å²) in [5.74, 6) is -0.484. The lowest BCUT2D eigenvalue weighted by molar-refractivity contribution is -0.136. The maximum atomic E-state index is 13.7. The van der Waals surface area contributed by atoms with Gasteiger partial charge in [-0.05, 0) is 78.7 Å². The Hall–Kier alpha value is -4.22. The van der Waals surface area contributed by atoms with Crippen molar-refractivity contribution < 1.29 is 27.2 Å². The first-order chi connectivity index (χ1) is 21.1. The number of hydrogen-bond donors (Lipinski definition) is 0. The molecule has 0 aliphatic carbocycles. The number of sulfonamides is 1. The highest BCUT2D eigenvalue weighted by Gasteiger charge is 2.37. The van der Waals surface area contributed by atoms with E-state index < -0.39 is 21.9 Å². The van der Waals surface area contributed by atoms with Gasteiger partial charge in [-0.1, -0.05) is 41.4 Å². The fourth-order valence-electron chi connectivity index (χ4n) is 4.74. The Morgan fingerprint density at radius 2 is 1.66 bits per heavy atom. The van der Waals surface area contributed by atoms with E-state index in [1.54, 1.807) is 61.8 Å². The van der Waals surface area contributed by atoms with Crippen molar-refractivity contribution in [3.63, 3.8) is 0 Å². The molecule has 0 spiro atoms. The van der Waals surface area contributed by atoms with Gasteiger partial charge < -0.3 is 14.1 Å². The number of aromatic nitrogens is 1. The SMILES string of the molecule is COC(=O)C1=C(C)N(Cc2cccnc2)C(=O)/C1=C/c1ccc(CN(Cc2ccc(Cl)cc2)S(=O)(=O)c2ccc(Cl)cc2)o1. The van der Waals surface area contributed by atoms with Crippen LogP contribution in [0.1, 0.15) is 29.6 Å². The molecule has 9 nitrogen and oxygen atoms in total. The average molecular weight is 653 g/mol. The molecule has 12 heteroatoms. The number of ether oxygens (including phenoxy) is 1. The third kappa shape index (κ3) is 6.79. The van der Waals surface area contributed by atoms with E-state index >= 15 is 0 Å². The zero-order chi connectivity index (χ0) is 31.4. The molecule has 1 aliphatic rings. The van der Waals surface area contributed by atoms with Crippen molar-refractivity contribution in [3.05, 3.63) is 135 Å². The van der Waals surface area contributed by atoms with Crippen LogP contribution >= 0.6 is 23.2 Å². The monoisotopic (exact) mass is 651 g/mol. The highest BCUT2D eigenvalue weighted by molar-refractivity contribution is 7.89. The normalized spacial score (nSPS) is 14.6. The quantitative estimate of drug-likeness (QED) is 0.147. The molecule has 226 valence electrons. The van der Waals surface area contributed by atoms with Gasteiger partial charge in [0.05, 0.1) is 36.2 Å². The lowest BCUT2D eigenvalue weighted by atomic mass is 10.1. The van der Waals surface area contributed by atoms with Crippen LogP contribution in [0, 0.1) is 0 Å². The summed E-state index contributed by atoms with van der Waals surface area (Å²) in [5, 5.41) is 0.939. The third-order valence-corrected chi connectivity index (χ3v) is 9.30. The smallest absolute Gasteiger partial charge is 0.340 e. The van der Waals surface area contributed by atoms with Gasteiger partial charge in [-0.15, -0.1) is 0 Å².